The van der Waals surface area contributed by atoms with Gasteiger partial charge in [-0.25, -0.2) is 0 Å². The van der Waals surface area contributed by atoms with E-state index in [4.69, 9.17) is 0 Å². The van der Waals surface area contributed by atoms with Crippen LogP contribution in [0.2, 0.25) is 13.1 Å². The summed E-state index contributed by atoms with van der Waals surface area (Å²) in [5.41, 5.74) is 5.09. The van der Waals surface area contributed by atoms with Crippen LogP contribution in [0.5, 0.6) is 0 Å². The second kappa shape index (κ2) is 13.9. The molecule has 0 saturated heterocycles. The van der Waals surface area contributed by atoms with E-state index in [0.29, 0.717) is 0 Å². The second-order valence-electron chi connectivity index (χ2n) is 8.53. The van der Waals surface area contributed by atoms with Crippen LogP contribution in [0.15, 0.2) is 97.6 Å². The van der Waals surface area contributed by atoms with Gasteiger partial charge in [0.1, 0.15) is 0 Å². The average Bonchev–Trinajstić information content (AvgIpc) is 3.58. The van der Waals surface area contributed by atoms with Crippen molar-refractivity contribution in [1.82, 2.24) is 19.6 Å². The first-order valence-corrected chi connectivity index (χ1v) is 17.4. The molecule has 0 unspecified atom stereocenters. The smallest absolute Gasteiger partial charge is 0.0493 e. The molecule has 0 amide bonds. The third-order valence-corrected chi connectivity index (χ3v) is 5.25. The van der Waals surface area contributed by atoms with E-state index in [1.807, 2.05) is 33.9 Å². The first-order chi connectivity index (χ1) is 16.4. The van der Waals surface area contributed by atoms with E-state index in [-0.39, 0.29) is 30.2 Å². The van der Waals surface area contributed by atoms with Gasteiger partial charge in [-0.3, -0.25) is 9.36 Å². The van der Waals surface area contributed by atoms with Gasteiger partial charge in [-0.15, -0.1) is 69.1 Å². The summed E-state index contributed by atoms with van der Waals surface area (Å²) in [6.07, 6.45) is 7.54. The Morgan fingerprint density at radius 3 is 1.42 bits per heavy atom. The van der Waals surface area contributed by atoms with Crippen LogP contribution in [-0.4, -0.2) is 25.0 Å². The Morgan fingerprint density at radius 2 is 1.08 bits per heavy atom. The van der Waals surface area contributed by atoms with Crippen LogP contribution in [0.1, 0.15) is 11.1 Å². The van der Waals surface area contributed by atoms with Gasteiger partial charge in [0.15, 0.2) is 0 Å². The number of aryl methyl sites for hydroxylation is 2. The zero-order valence-corrected chi connectivity index (χ0v) is 25.8. The van der Waals surface area contributed by atoms with Gasteiger partial charge in [-0.2, -0.15) is 22.3 Å². The molecule has 6 aromatic rings. The summed E-state index contributed by atoms with van der Waals surface area (Å²) in [6, 6.07) is 25.3. The Labute approximate surface area is 240 Å². The molecule has 6 rings (SSSR count). The first-order valence-electron chi connectivity index (χ1n) is 11.3. The molecule has 0 fully saturated rings. The third-order valence-electron chi connectivity index (χ3n) is 5.25. The topological polar surface area (TPSA) is 35.6 Å². The van der Waals surface area contributed by atoms with Crippen molar-refractivity contribution in [1.29, 1.82) is 0 Å². The monoisotopic (exact) mass is 608 g/mol. The predicted molar refractivity (Wildman–Crippen MR) is 140 cm³/mol. The second-order valence-corrected chi connectivity index (χ2v) is 17.9. The fourth-order valence-electron chi connectivity index (χ4n) is 3.96. The van der Waals surface area contributed by atoms with E-state index in [1.165, 1.54) is 32.7 Å². The Bertz CT molecular complexity index is 1400. The van der Waals surface area contributed by atoms with E-state index < -0.39 is 0 Å². The normalized spacial score (nSPS) is 9.94. The number of nitrogens with zero attached hydrogens (tertiary/aromatic N) is 4. The van der Waals surface area contributed by atoms with Crippen LogP contribution in [0.25, 0.3) is 32.9 Å². The molecule has 0 aliphatic heterocycles. The maximum atomic E-state index is 4.26. The number of hydrogen-bond donors (Lipinski definition) is 0. The van der Waals surface area contributed by atoms with E-state index in [1.54, 1.807) is 35.7 Å². The minimum atomic E-state index is 0. The summed E-state index contributed by atoms with van der Waals surface area (Å²) in [4.78, 5) is 0. The van der Waals surface area contributed by atoms with Crippen LogP contribution in [0.3, 0.4) is 0 Å². The maximum Gasteiger partial charge on any atom is 0.0493 e. The average molecular weight is 611 g/mol. The van der Waals surface area contributed by atoms with E-state index in [0.717, 1.165) is 11.4 Å². The minimum Gasteiger partial charge on any atom is -1.00 e. The van der Waals surface area contributed by atoms with Gasteiger partial charge in [0.25, 0.3) is 0 Å². The van der Waals surface area contributed by atoms with E-state index in [2.05, 4.69) is 97.8 Å². The standard InChI is InChI=1S/2C13H11N2.C2H6Si.2ClH.Zr/c2*1-10-8-11-4-2-5-13(12(11)9-10)15-7-3-6-14-15;1-3-2;;;/h2*2-9H,1H3;1-2H3;2*1H;/q2*-1;;;;+2/p-2. The molecule has 0 bridgehead atoms. The van der Waals surface area contributed by atoms with Gasteiger partial charge < -0.3 is 24.8 Å². The molecule has 2 heterocycles. The van der Waals surface area contributed by atoms with Crippen molar-refractivity contribution in [2.75, 3.05) is 0 Å². The minimum absolute atomic E-state index is 0. The summed E-state index contributed by atoms with van der Waals surface area (Å²) in [5.74, 6) is 0. The van der Waals surface area contributed by atoms with Crippen molar-refractivity contribution in [3.05, 3.63) is 109 Å². The Morgan fingerprint density at radius 1 is 0.694 bits per heavy atom. The quantitative estimate of drug-likeness (QED) is 0.216. The molecule has 8 heteroatoms. The van der Waals surface area contributed by atoms with Gasteiger partial charge in [0, 0.05) is 36.2 Å². The van der Waals surface area contributed by atoms with E-state index >= 15 is 0 Å². The number of fused-ring (bicyclic) bond motifs is 2. The van der Waals surface area contributed by atoms with Gasteiger partial charge in [0.2, 0.25) is 0 Å². The van der Waals surface area contributed by atoms with Crippen LogP contribution in [0, 0.1) is 13.8 Å². The van der Waals surface area contributed by atoms with E-state index in [9.17, 15) is 0 Å². The summed E-state index contributed by atoms with van der Waals surface area (Å²) >= 11 is 1.74. The molecule has 36 heavy (non-hydrogen) atoms. The molecular weight excluding hydrogens is 583 g/mol. The van der Waals surface area contributed by atoms with Crippen molar-refractivity contribution < 1.29 is 48.1 Å². The Hall–Kier alpha value is -2.24. The number of rotatable bonds is 2. The SMILES string of the molecule is C[Si](C)=[Zr+2].Cc1cc2c(-n3cccn3)cccc2[cH-]1.Cc1cc2c(-n3cccn3)cccc2[cH-]1.[Cl-].[Cl-]. The zero-order chi connectivity index (χ0) is 24.1. The molecule has 0 saturated carbocycles. The summed E-state index contributed by atoms with van der Waals surface area (Å²) in [6.45, 7) is 8.85. The third kappa shape index (κ3) is 7.39. The Kier molecular flexibility index (Phi) is 11.6. The fraction of sp³-hybridized carbons (Fsp3) is 0.143. The molecule has 4 nitrogen and oxygen atoms in total. The molecule has 0 radical (unpaired) electrons. The largest absolute Gasteiger partial charge is 1.00 e. The number of aromatic nitrogens is 4. The van der Waals surface area contributed by atoms with Crippen LogP contribution < -0.4 is 24.8 Å². The van der Waals surface area contributed by atoms with Crippen LogP contribution in [-0.2, 0) is 23.3 Å². The number of halogens is 2. The van der Waals surface area contributed by atoms with Gasteiger partial charge >= 0.3 is 41.9 Å². The van der Waals surface area contributed by atoms with Crippen LogP contribution >= 0.6 is 0 Å². The molecule has 0 spiro atoms. The Balaban J connectivity index is 0.000000211. The van der Waals surface area contributed by atoms with Crippen molar-refractivity contribution in [2.24, 2.45) is 0 Å². The number of benzene rings is 2. The van der Waals surface area contributed by atoms with Crippen LogP contribution in [0.4, 0.5) is 0 Å². The molecule has 0 aliphatic carbocycles. The summed E-state index contributed by atoms with van der Waals surface area (Å²) in [7, 11) is 0. The molecule has 0 aliphatic rings. The zero-order valence-electron chi connectivity index (χ0n) is 20.8. The first kappa shape index (κ1) is 30.0. The maximum absolute atomic E-state index is 4.26. The molecule has 0 N–H and O–H groups in total. The summed E-state index contributed by atoms with van der Waals surface area (Å²) < 4.78 is 3.81. The fourth-order valence-corrected chi connectivity index (χ4v) is 3.96. The van der Waals surface area contributed by atoms with Crippen molar-refractivity contribution in [3.63, 3.8) is 0 Å². The molecule has 2 aromatic heterocycles. The molecule has 0 atom stereocenters. The van der Waals surface area contributed by atoms with Gasteiger partial charge in [0.05, 0.1) is 0 Å². The number of hydrogen-bond acceptors (Lipinski definition) is 2. The molecule has 4 aromatic carbocycles. The summed E-state index contributed by atoms with van der Waals surface area (Å²) in [5, 5.41) is 13.6. The van der Waals surface area contributed by atoms with Crippen molar-refractivity contribution in [2.45, 2.75) is 26.9 Å². The predicted octanol–water partition coefficient (Wildman–Crippen LogP) is 0.898. The van der Waals surface area contributed by atoms with Crippen molar-refractivity contribution in [3.8, 4) is 11.4 Å². The molecule has 184 valence electrons. The van der Waals surface area contributed by atoms with Crippen molar-refractivity contribution >= 4 is 27.0 Å². The van der Waals surface area contributed by atoms with Gasteiger partial charge in [-0.1, -0.05) is 26.0 Å². The molecular formula is C28H28Cl2N4SiZr-2. The van der Waals surface area contributed by atoms with Gasteiger partial charge in [-0.05, 0) is 12.1 Å².